The maximum Gasteiger partial charge on any atom is 0.351 e. The highest BCUT2D eigenvalue weighted by Crippen LogP contribution is 2.65. The van der Waals surface area contributed by atoms with Crippen molar-refractivity contribution in [2.24, 2.45) is 16.2 Å². The lowest BCUT2D eigenvalue weighted by Crippen LogP contribution is -2.49. The van der Waals surface area contributed by atoms with E-state index in [1.807, 2.05) is 20.8 Å². The molecule has 0 aromatic rings. The molecular formula is C16H25FO4. The summed E-state index contributed by atoms with van der Waals surface area (Å²) in [6.45, 7) is 10.5. The van der Waals surface area contributed by atoms with E-state index in [-0.39, 0.29) is 12.6 Å². The lowest BCUT2D eigenvalue weighted by Gasteiger charge is -2.35. The Balaban J connectivity index is 2.15. The van der Waals surface area contributed by atoms with E-state index in [0.717, 1.165) is 0 Å². The van der Waals surface area contributed by atoms with Crippen molar-refractivity contribution in [3.05, 3.63) is 0 Å². The molecule has 4 nitrogen and oxygen atoms in total. The Labute approximate surface area is 125 Å². The van der Waals surface area contributed by atoms with Gasteiger partial charge in [0, 0.05) is 5.41 Å². The van der Waals surface area contributed by atoms with Crippen LogP contribution in [-0.2, 0) is 19.1 Å². The highest BCUT2D eigenvalue weighted by atomic mass is 19.1. The van der Waals surface area contributed by atoms with Crippen LogP contribution in [0.3, 0.4) is 0 Å². The van der Waals surface area contributed by atoms with Gasteiger partial charge in [-0.1, -0.05) is 34.6 Å². The first-order valence-electron chi connectivity index (χ1n) is 7.43. The molecule has 0 radical (unpaired) electrons. The molecule has 21 heavy (non-hydrogen) atoms. The fraction of sp³-hybridized carbons (Fsp3) is 0.875. The van der Waals surface area contributed by atoms with E-state index in [4.69, 9.17) is 9.47 Å². The minimum atomic E-state index is -1.27. The van der Waals surface area contributed by atoms with Gasteiger partial charge >= 0.3 is 11.9 Å². The summed E-state index contributed by atoms with van der Waals surface area (Å²) < 4.78 is 24.5. The van der Waals surface area contributed by atoms with Gasteiger partial charge < -0.3 is 9.47 Å². The summed E-state index contributed by atoms with van der Waals surface area (Å²) >= 11 is 0. The number of fused-ring (bicyclic) bond motifs is 2. The Hall–Kier alpha value is -1.13. The molecule has 120 valence electrons. The summed E-state index contributed by atoms with van der Waals surface area (Å²) in [7, 11) is 0. The van der Waals surface area contributed by atoms with Crippen LogP contribution in [0.5, 0.6) is 0 Å². The standard InChI is InChI=1S/C16H25FO4/c1-13(2,3)10(17)9-20-12(19)16-8-7-15(6,11(18)21-16)14(16,4)5/h10H,7-9H2,1-6H3. The highest BCUT2D eigenvalue weighted by molar-refractivity contribution is 5.93. The molecule has 5 heteroatoms. The van der Waals surface area contributed by atoms with E-state index in [1.54, 1.807) is 20.8 Å². The Morgan fingerprint density at radius 1 is 1.33 bits per heavy atom. The van der Waals surface area contributed by atoms with Gasteiger partial charge in [0.25, 0.3) is 0 Å². The molecule has 1 saturated carbocycles. The summed E-state index contributed by atoms with van der Waals surface area (Å²) in [4.78, 5) is 24.6. The summed E-state index contributed by atoms with van der Waals surface area (Å²) in [5.74, 6) is -0.975. The normalized spacial score (nSPS) is 35.5. The van der Waals surface area contributed by atoms with Crippen molar-refractivity contribution in [2.75, 3.05) is 6.61 Å². The minimum absolute atomic E-state index is 0.311. The van der Waals surface area contributed by atoms with Gasteiger partial charge in [0.05, 0.1) is 5.41 Å². The van der Waals surface area contributed by atoms with Crippen molar-refractivity contribution in [2.45, 2.75) is 66.2 Å². The molecule has 1 saturated heterocycles. The molecule has 2 aliphatic rings. The molecule has 1 aliphatic heterocycles. The predicted molar refractivity (Wildman–Crippen MR) is 75.3 cm³/mol. The van der Waals surface area contributed by atoms with Crippen LogP contribution in [0.2, 0.25) is 0 Å². The number of rotatable bonds is 3. The summed E-state index contributed by atoms with van der Waals surface area (Å²) in [5, 5.41) is 0. The van der Waals surface area contributed by atoms with Crippen LogP contribution in [0.25, 0.3) is 0 Å². The molecule has 3 unspecified atom stereocenters. The Kier molecular flexibility index (Phi) is 3.43. The smallest absolute Gasteiger partial charge is 0.351 e. The van der Waals surface area contributed by atoms with Crippen LogP contribution in [-0.4, -0.2) is 30.3 Å². The van der Waals surface area contributed by atoms with Crippen molar-refractivity contribution < 1.29 is 23.5 Å². The maximum absolute atomic E-state index is 14.0. The summed E-state index contributed by atoms with van der Waals surface area (Å²) in [5.41, 5.74) is -3.19. The van der Waals surface area contributed by atoms with Crippen molar-refractivity contribution >= 4 is 11.9 Å². The van der Waals surface area contributed by atoms with E-state index >= 15 is 0 Å². The number of carbonyl (C=O) groups is 2. The number of hydrogen-bond donors (Lipinski definition) is 0. The first-order chi connectivity index (χ1) is 9.38. The molecule has 0 aromatic heterocycles. The lowest BCUT2D eigenvalue weighted by molar-refractivity contribution is -0.185. The van der Waals surface area contributed by atoms with Crippen molar-refractivity contribution in [1.82, 2.24) is 0 Å². The van der Waals surface area contributed by atoms with Gasteiger partial charge in [-0.25, -0.2) is 9.18 Å². The van der Waals surface area contributed by atoms with Crippen LogP contribution in [0, 0.1) is 16.2 Å². The Morgan fingerprint density at radius 2 is 1.90 bits per heavy atom. The molecule has 0 spiro atoms. The minimum Gasteiger partial charge on any atom is -0.460 e. The molecule has 0 amide bonds. The Morgan fingerprint density at radius 3 is 2.29 bits per heavy atom. The second-order valence-corrected chi connectivity index (χ2v) is 8.11. The molecule has 2 fully saturated rings. The van der Waals surface area contributed by atoms with Crippen molar-refractivity contribution in [1.29, 1.82) is 0 Å². The van der Waals surface area contributed by atoms with E-state index < -0.39 is 34.0 Å². The summed E-state index contributed by atoms with van der Waals surface area (Å²) in [6, 6.07) is 0. The maximum atomic E-state index is 14.0. The zero-order valence-corrected chi connectivity index (χ0v) is 13.7. The number of alkyl halides is 1. The summed E-state index contributed by atoms with van der Waals surface area (Å²) in [6.07, 6.45) is -0.231. The molecule has 0 aromatic carbocycles. The van der Waals surface area contributed by atoms with Crippen molar-refractivity contribution in [3.8, 4) is 0 Å². The van der Waals surface area contributed by atoms with Crippen LogP contribution in [0.1, 0.15) is 54.4 Å². The molecule has 3 atom stereocenters. The Bertz CT molecular complexity index is 479. The zero-order chi connectivity index (χ0) is 16.3. The molecule has 1 heterocycles. The quantitative estimate of drug-likeness (QED) is 0.752. The monoisotopic (exact) mass is 300 g/mol. The van der Waals surface area contributed by atoms with Gasteiger partial charge in [-0.3, -0.25) is 4.79 Å². The van der Waals surface area contributed by atoms with Gasteiger partial charge in [0.15, 0.2) is 0 Å². The number of esters is 2. The van der Waals surface area contributed by atoms with Gasteiger partial charge in [-0.05, 0) is 25.2 Å². The second kappa shape index (κ2) is 4.43. The van der Waals surface area contributed by atoms with Crippen molar-refractivity contribution in [3.63, 3.8) is 0 Å². The first-order valence-corrected chi connectivity index (χ1v) is 7.43. The first kappa shape index (κ1) is 16.2. The molecule has 0 N–H and O–H groups in total. The number of halogens is 1. The van der Waals surface area contributed by atoms with Crippen LogP contribution in [0.4, 0.5) is 4.39 Å². The third-order valence-electron chi connectivity index (χ3n) is 5.71. The molecule has 2 bridgehead atoms. The third-order valence-corrected chi connectivity index (χ3v) is 5.71. The predicted octanol–water partition coefficient (Wildman–Crippen LogP) is 3.04. The van der Waals surface area contributed by atoms with Crippen LogP contribution < -0.4 is 0 Å². The number of ether oxygens (including phenoxy) is 2. The SMILES string of the molecule is CC(C)(C)C(F)COC(=O)C12CCC(C)(C(=O)O1)C2(C)C. The van der Waals surface area contributed by atoms with E-state index in [0.29, 0.717) is 12.8 Å². The van der Waals surface area contributed by atoms with Gasteiger partial charge in [-0.2, -0.15) is 0 Å². The van der Waals surface area contributed by atoms with Gasteiger partial charge in [0.2, 0.25) is 5.60 Å². The molecular weight excluding hydrogens is 275 g/mol. The fourth-order valence-corrected chi connectivity index (χ4v) is 3.22. The largest absolute Gasteiger partial charge is 0.460 e. The zero-order valence-electron chi connectivity index (χ0n) is 13.7. The van der Waals surface area contributed by atoms with E-state index in [2.05, 4.69) is 0 Å². The second-order valence-electron chi connectivity index (χ2n) is 8.11. The number of hydrogen-bond acceptors (Lipinski definition) is 4. The lowest BCUT2D eigenvalue weighted by atomic mass is 9.66. The van der Waals surface area contributed by atoms with Crippen LogP contribution in [0.15, 0.2) is 0 Å². The van der Waals surface area contributed by atoms with Crippen LogP contribution >= 0.6 is 0 Å². The van der Waals surface area contributed by atoms with E-state index in [9.17, 15) is 14.0 Å². The molecule has 2 rings (SSSR count). The highest BCUT2D eigenvalue weighted by Gasteiger charge is 2.76. The fourth-order valence-electron chi connectivity index (χ4n) is 3.22. The van der Waals surface area contributed by atoms with E-state index in [1.165, 1.54) is 0 Å². The number of carbonyl (C=O) groups excluding carboxylic acids is 2. The average Bonchev–Trinajstić information content (AvgIpc) is 2.64. The van der Waals surface area contributed by atoms with Gasteiger partial charge in [0.1, 0.15) is 12.8 Å². The topological polar surface area (TPSA) is 52.6 Å². The van der Waals surface area contributed by atoms with Gasteiger partial charge in [-0.15, -0.1) is 0 Å². The third kappa shape index (κ3) is 2.00. The average molecular weight is 300 g/mol. The molecule has 1 aliphatic carbocycles.